The summed E-state index contributed by atoms with van der Waals surface area (Å²) in [5.41, 5.74) is 0.170. The van der Waals surface area contributed by atoms with Gasteiger partial charge in [-0.3, -0.25) is 0 Å². The molecule has 8 heteroatoms. The van der Waals surface area contributed by atoms with E-state index in [0.717, 1.165) is 12.6 Å². The monoisotopic (exact) mass is 426 g/mol. The first-order chi connectivity index (χ1) is 9.95. The quantitative estimate of drug-likeness (QED) is 0.276. The number of carbonyl (C=O) groups excluding carboxylic acids is 1. The van der Waals surface area contributed by atoms with E-state index in [0.29, 0.717) is 14.5 Å². The van der Waals surface area contributed by atoms with Gasteiger partial charge in [-0.15, -0.1) is 0 Å². The minimum Gasteiger partial charge on any atom is -0.459 e. The van der Waals surface area contributed by atoms with E-state index in [2.05, 4.69) is 27.7 Å². The van der Waals surface area contributed by atoms with Gasteiger partial charge in [0.15, 0.2) is 0 Å². The zero-order valence-electron chi connectivity index (χ0n) is 13.7. The summed E-state index contributed by atoms with van der Waals surface area (Å²) in [6, 6.07) is 0. The van der Waals surface area contributed by atoms with Crippen LogP contribution in [0.1, 0.15) is 44.5 Å². The first-order valence-corrected chi connectivity index (χ1v) is 9.66. The van der Waals surface area contributed by atoms with E-state index in [-0.39, 0.29) is 60.5 Å². The smallest absolute Gasteiger partial charge is 0.459 e. The summed E-state index contributed by atoms with van der Waals surface area (Å²) in [5.74, 6) is 0.404. The van der Waals surface area contributed by atoms with E-state index < -0.39 is 0 Å². The van der Waals surface area contributed by atoms with E-state index >= 15 is 0 Å². The predicted molar refractivity (Wildman–Crippen MR) is 101 cm³/mol. The summed E-state index contributed by atoms with van der Waals surface area (Å²) in [6.07, 6.45) is 1.75. The molecular formula is C15H17Cl5LiOP. The van der Waals surface area contributed by atoms with Crippen molar-refractivity contribution in [2.45, 2.75) is 34.1 Å². The van der Waals surface area contributed by atoms with Crippen molar-refractivity contribution in [3.8, 4) is 0 Å². The first kappa shape index (κ1) is 24.4. The Labute approximate surface area is 177 Å². The summed E-state index contributed by atoms with van der Waals surface area (Å²) in [6.45, 7) is 8.65. The van der Waals surface area contributed by atoms with E-state index in [1.807, 2.05) is 0 Å². The molecule has 0 saturated carbocycles. The molecule has 1 aromatic carbocycles. The van der Waals surface area contributed by atoms with Gasteiger partial charge < -0.3 is 13.4 Å². The van der Waals surface area contributed by atoms with Gasteiger partial charge in [0, 0.05) is 11.1 Å². The molecule has 0 aliphatic rings. The van der Waals surface area contributed by atoms with Gasteiger partial charge >= 0.3 is 18.9 Å². The number of hydrogen-bond acceptors (Lipinski definition) is 1. The minimum atomic E-state index is -0.198. The zero-order valence-corrected chi connectivity index (χ0v) is 18.4. The Balaban J connectivity index is 0.00000484. The number of hydrogen-bond donors (Lipinski definition) is 0. The van der Waals surface area contributed by atoms with Crippen LogP contribution in [0.25, 0.3) is 0 Å². The van der Waals surface area contributed by atoms with Gasteiger partial charge in [-0.1, -0.05) is 91.6 Å². The molecule has 1 nitrogen and oxygen atoms in total. The van der Waals surface area contributed by atoms with E-state index in [9.17, 15) is 4.79 Å². The first-order valence-electron chi connectivity index (χ1n) is 6.69. The molecule has 1 rings (SSSR count). The number of rotatable bonds is 5. The van der Waals surface area contributed by atoms with Crippen molar-refractivity contribution >= 4 is 72.1 Å². The number of carbonyl (C=O) groups is 1. The van der Waals surface area contributed by atoms with Crippen LogP contribution in [-0.4, -0.2) is 11.7 Å². The van der Waals surface area contributed by atoms with Crippen LogP contribution in [0.4, 0.5) is 0 Å². The third kappa shape index (κ3) is 6.88. The maximum atomic E-state index is 12.4. The second-order valence-electron chi connectivity index (χ2n) is 6.46. The van der Waals surface area contributed by atoms with Gasteiger partial charge in [0.25, 0.3) is 0 Å². The fourth-order valence-electron chi connectivity index (χ4n) is 2.22. The molecule has 0 N–H and O–H groups in total. The average Bonchev–Trinajstić information content (AvgIpc) is 2.39. The molecule has 0 amide bonds. The van der Waals surface area contributed by atoms with Crippen LogP contribution in [0, 0.1) is 11.3 Å². The van der Waals surface area contributed by atoms with Crippen LogP contribution in [0.15, 0.2) is 0 Å². The molecule has 1 atom stereocenters. The predicted octanol–water partition coefficient (Wildman–Crippen LogP) is 5.12. The van der Waals surface area contributed by atoms with Crippen LogP contribution in [0.3, 0.4) is 0 Å². The molecule has 0 heterocycles. The second kappa shape index (κ2) is 9.90. The molecule has 0 fully saturated rings. The molecule has 124 valence electrons. The van der Waals surface area contributed by atoms with Crippen molar-refractivity contribution in [3.05, 3.63) is 30.7 Å². The SMILES string of the molecule is CC(C[P-]C(=O)c1c(Cl)c(Cl)c(Cl)c(Cl)c1Cl)CC(C)(C)C.[Li+]. The number of benzene rings is 1. The number of halogens is 5. The van der Waals surface area contributed by atoms with E-state index in [1.54, 1.807) is 0 Å². The Bertz CT molecular complexity index is 557. The van der Waals surface area contributed by atoms with Crippen LogP contribution in [-0.2, 0) is 0 Å². The third-order valence-corrected chi connectivity index (χ3v) is 6.52. The zero-order chi connectivity index (χ0) is 17.2. The Kier molecular flexibility index (Phi) is 10.5. The van der Waals surface area contributed by atoms with Gasteiger partial charge in [0.05, 0.1) is 25.1 Å². The molecule has 1 aromatic rings. The van der Waals surface area contributed by atoms with Crippen molar-refractivity contribution in [3.63, 3.8) is 0 Å². The van der Waals surface area contributed by atoms with Crippen molar-refractivity contribution in [2.75, 3.05) is 6.16 Å². The van der Waals surface area contributed by atoms with Crippen molar-refractivity contribution in [2.24, 2.45) is 11.3 Å². The molecule has 0 spiro atoms. The summed E-state index contributed by atoms with van der Waals surface area (Å²) in [7, 11) is 0.613. The average molecular weight is 428 g/mol. The van der Waals surface area contributed by atoms with Crippen LogP contribution < -0.4 is 18.9 Å². The minimum absolute atomic E-state index is 0. The second-order valence-corrected chi connectivity index (χ2v) is 9.44. The summed E-state index contributed by atoms with van der Waals surface area (Å²) < 4.78 is 0. The van der Waals surface area contributed by atoms with E-state index in [4.69, 9.17) is 58.0 Å². The molecule has 23 heavy (non-hydrogen) atoms. The Morgan fingerprint density at radius 3 is 1.74 bits per heavy atom. The largest absolute Gasteiger partial charge is 1.00 e. The van der Waals surface area contributed by atoms with Gasteiger partial charge in [-0.05, 0) is 11.8 Å². The third-order valence-electron chi connectivity index (χ3n) is 2.93. The fourth-order valence-corrected chi connectivity index (χ4v) is 4.65. The van der Waals surface area contributed by atoms with Gasteiger partial charge in [0.1, 0.15) is 0 Å². The Morgan fingerprint density at radius 1 is 0.957 bits per heavy atom. The van der Waals surface area contributed by atoms with Gasteiger partial charge in [-0.25, -0.2) is 0 Å². The molecule has 0 bridgehead atoms. The van der Waals surface area contributed by atoms with Crippen LogP contribution in [0.2, 0.25) is 25.1 Å². The molecule has 1 unspecified atom stereocenters. The van der Waals surface area contributed by atoms with E-state index in [1.165, 1.54) is 0 Å². The standard InChI is InChI=1S/C15H17Cl5OP.Li/c1-7(5-15(2,3)4)6-22-14(21)8-9(16)11(18)13(20)12(19)10(8)17;/h7H,5-6H2,1-4H3;/q-1;+1. The van der Waals surface area contributed by atoms with Crippen molar-refractivity contribution in [1.29, 1.82) is 0 Å². The van der Waals surface area contributed by atoms with Gasteiger partial charge in [-0.2, -0.15) is 6.16 Å². The van der Waals surface area contributed by atoms with Crippen molar-refractivity contribution in [1.82, 2.24) is 0 Å². The molecular weight excluding hydrogens is 411 g/mol. The normalized spacial score (nSPS) is 13.3. The molecule has 0 aromatic heterocycles. The molecule has 0 saturated heterocycles. The Morgan fingerprint density at radius 2 is 1.35 bits per heavy atom. The fraction of sp³-hybridized carbons (Fsp3) is 0.533. The Hall–Kier alpha value is 1.37. The summed E-state index contributed by atoms with van der Waals surface area (Å²) in [5, 5.41) is 0.287. The molecule has 0 aliphatic heterocycles. The maximum absolute atomic E-state index is 12.4. The molecule has 0 aliphatic carbocycles. The van der Waals surface area contributed by atoms with Gasteiger partial charge in [0.2, 0.25) is 0 Å². The van der Waals surface area contributed by atoms with Crippen LogP contribution >= 0.6 is 66.6 Å². The topological polar surface area (TPSA) is 17.1 Å². The molecule has 0 radical (unpaired) electrons. The summed E-state index contributed by atoms with van der Waals surface area (Å²) >= 11 is 30.1. The maximum Gasteiger partial charge on any atom is 1.00 e. The van der Waals surface area contributed by atoms with Crippen molar-refractivity contribution < 1.29 is 23.7 Å². The summed E-state index contributed by atoms with van der Waals surface area (Å²) in [4.78, 5) is 12.4. The van der Waals surface area contributed by atoms with Crippen LogP contribution in [0.5, 0.6) is 0 Å².